The summed E-state index contributed by atoms with van der Waals surface area (Å²) in [6.07, 6.45) is 0. The molecule has 0 saturated carbocycles. The van der Waals surface area contributed by atoms with E-state index >= 15 is 0 Å². The molecule has 0 bridgehead atoms. The van der Waals surface area contributed by atoms with Crippen LogP contribution in [0.2, 0.25) is 0 Å². The Kier molecular flexibility index (Phi) is 7.24. The second-order valence-electron chi connectivity index (χ2n) is 15.8. The molecular formula is C58H34OS. The van der Waals surface area contributed by atoms with Crippen molar-refractivity contribution in [1.29, 1.82) is 0 Å². The predicted molar refractivity (Wildman–Crippen MR) is 258 cm³/mol. The Labute approximate surface area is 350 Å². The lowest BCUT2D eigenvalue weighted by Crippen LogP contribution is -1.91. The van der Waals surface area contributed by atoms with E-state index in [9.17, 15) is 0 Å². The largest absolute Gasteiger partial charge is 0.455 e. The smallest absolute Gasteiger partial charge is 0.143 e. The summed E-state index contributed by atoms with van der Waals surface area (Å²) in [6, 6.07) is 75.5. The maximum Gasteiger partial charge on any atom is 0.143 e. The van der Waals surface area contributed by atoms with Crippen molar-refractivity contribution in [2.24, 2.45) is 0 Å². The first-order chi connectivity index (χ1) is 29.8. The summed E-state index contributed by atoms with van der Waals surface area (Å²) < 4.78 is 9.74. The lowest BCUT2D eigenvalue weighted by molar-refractivity contribution is 0.670. The van der Waals surface area contributed by atoms with Gasteiger partial charge in [0, 0.05) is 42.1 Å². The van der Waals surface area contributed by atoms with E-state index < -0.39 is 0 Å². The third kappa shape index (κ3) is 4.80. The van der Waals surface area contributed by atoms with Gasteiger partial charge in [-0.2, -0.15) is 0 Å². The summed E-state index contributed by atoms with van der Waals surface area (Å²) in [7, 11) is 0. The molecular weight excluding hydrogens is 745 g/mol. The van der Waals surface area contributed by atoms with Crippen molar-refractivity contribution in [3.05, 3.63) is 206 Å². The van der Waals surface area contributed by atoms with E-state index in [1.165, 1.54) is 102 Å². The summed E-state index contributed by atoms with van der Waals surface area (Å²) in [5, 5.41) is 14.7. The van der Waals surface area contributed by atoms with Gasteiger partial charge in [0.1, 0.15) is 11.2 Å². The lowest BCUT2D eigenvalue weighted by atomic mass is 9.84. The highest BCUT2D eigenvalue weighted by molar-refractivity contribution is 7.25. The van der Waals surface area contributed by atoms with Crippen molar-refractivity contribution in [3.63, 3.8) is 0 Å². The fourth-order valence-electron chi connectivity index (χ4n) is 10.2. The number of thiophene rings is 1. The first-order valence-electron chi connectivity index (χ1n) is 20.6. The van der Waals surface area contributed by atoms with Crippen LogP contribution in [0.5, 0.6) is 0 Å². The Bertz CT molecular complexity index is 3770. The van der Waals surface area contributed by atoms with Crippen LogP contribution in [0.3, 0.4) is 0 Å². The van der Waals surface area contributed by atoms with Gasteiger partial charge in [0.15, 0.2) is 0 Å². The Morgan fingerprint density at radius 2 is 0.733 bits per heavy atom. The van der Waals surface area contributed by atoms with Gasteiger partial charge in [-0.05, 0) is 101 Å². The monoisotopic (exact) mass is 778 g/mol. The molecule has 278 valence electrons. The quantitative estimate of drug-likeness (QED) is 0.162. The van der Waals surface area contributed by atoms with Crippen LogP contribution in [0, 0.1) is 0 Å². The lowest BCUT2D eigenvalue weighted by Gasteiger charge is -2.18. The van der Waals surface area contributed by atoms with E-state index in [-0.39, 0.29) is 0 Å². The summed E-state index contributed by atoms with van der Waals surface area (Å²) in [6.45, 7) is 0. The standard InChI is InChI=1S/C58H34OS/c1-2-16-35(17-3-1)53-38-19-4-10-25-44(38)56(45-26-11-5-20-39(45)53)47-28-14-29-48-57-46(27-15-30-50(57)59-58(47)48)55-42-23-8-6-21-40(42)54(41-22-7-9-24-43(41)55)36-32-33-52-49(34-36)37-18-12-13-31-51(37)60-52/h1-34H. The third-order valence-electron chi connectivity index (χ3n) is 12.7. The molecule has 13 aromatic rings. The van der Waals surface area contributed by atoms with Crippen molar-refractivity contribution in [2.45, 2.75) is 0 Å². The molecule has 0 radical (unpaired) electrons. The fraction of sp³-hybridized carbons (Fsp3) is 0. The van der Waals surface area contributed by atoms with Gasteiger partial charge >= 0.3 is 0 Å². The summed E-state index contributed by atoms with van der Waals surface area (Å²) in [5.74, 6) is 0. The van der Waals surface area contributed by atoms with E-state index in [0.717, 1.165) is 27.5 Å². The number of hydrogen-bond donors (Lipinski definition) is 0. The number of para-hydroxylation sites is 1. The fourth-order valence-corrected chi connectivity index (χ4v) is 11.3. The maximum atomic E-state index is 7.10. The average Bonchev–Trinajstić information content (AvgIpc) is 3.89. The molecule has 13 rings (SSSR count). The molecule has 0 amide bonds. The van der Waals surface area contributed by atoms with Gasteiger partial charge in [0.05, 0.1) is 0 Å². The first kappa shape index (κ1) is 33.5. The average molecular weight is 779 g/mol. The van der Waals surface area contributed by atoms with E-state index in [2.05, 4.69) is 206 Å². The Morgan fingerprint density at radius 1 is 0.283 bits per heavy atom. The Hall–Kier alpha value is -7.52. The molecule has 11 aromatic carbocycles. The molecule has 2 aromatic heterocycles. The van der Waals surface area contributed by atoms with Crippen LogP contribution in [-0.4, -0.2) is 0 Å². The number of benzene rings is 11. The molecule has 2 heterocycles. The zero-order chi connectivity index (χ0) is 39.3. The van der Waals surface area contributed by atoms with Crippen LogP contribution >= 0.6 is 11.3 Å². The minimum absolute atomic E-state index is 0.886. The van der Waals surface area contributed by atoms with E-state index in [1.807, 2.05) is 11.3 Å². The molecule has 0 fully saturated rings. The second-order valence-corrected chi connectivity index (χ2v) is 16.9. The highest BCUT2D eigenvalue weighted by atomic mass is 32.1. The van der Waals surface area contributed by atoms with Crippen molar-refractivity contribution < 1.29 is 4.42 Å². The van der Waals surface area contributed by atoms with Crippen LogP contribution < -0.4 is 0 Å². The molecule has 60 heavy (non-hydrogen) atoms. The van der Waals surface area contributed by atoms with Gasteiger partial charge in [0.25, 0.3) is 0 Å². The van der Waals surface area contributed by atoms with Gasteiger partial charge in [-0.3, -0.25) is 0 Å². The molecule has 0 aliphatic carbocycles. The Morgan fingerprint density at radius 3 is 1.35 bits per heavy atom. The molecule has 0 unspecified atom stereocenters. The van der Waals surface area contributed by atoms with Crippen LogP contribution in [0.4, 0.5) is 0 Å². The molecule has 0 N–H and O–H groups in total. The predicted octanol–water partition coefficient (Wildman–Crippen LogP) is 17.2. The zero-order valence-electron chi connectivity index (χ0n) is 32.4. The summed E-state index contributed by atoms with van der Waals surface area (Å²) >= 11 is 1.87. The van der Waals surface area contributed by atoms with E-state index in [0.29, 0.717) is 0 Å². The van der Waals surface area contributed by atoms with Crippen molar-refractivity contribution in [3.8, 4) is 44.5 Å². The topological polar surface area (TPSA) is 13.1 Å². The molecule has 0 aliphatic heterocycles. The third-order valence-corrected chi connectivity index (χ3v) is 13.8. The van der Waals surface area contributed by atoms with Crippen LogP contribution in [0.25, 0.3) is 130 Å². The molecule has 0 saturated heterocycles. The minimum atomic E-state index is 0.886. The molecule has 2 heteroatoms. The van der Waals surface area contributed by atoms with Crippen molar-refractivity contribution >= 4 is 96.5 Å². The highest BCUT2D eigenvalue weighted by Gasteiger charge is 2.24. The number of hydrogen-bond acceptors (Lipinski definition) is 2. The number of furan rings is 1. The van der Waals surface area contributed by atoms with Gasteiger partial charge in [-0.1, -0.05) is 182 Å². The second kappa shape index (κ2) is 13.0. The molecule has 0 spiro atoms. The molecule has 0 aliphatic rings. The van der Waals surface area contributed by atoms with Crippen LogP contribution in [0.15, 0.2) is 211 Å². The highest BCUT2D eigenvalue weighted by Crippen LogP contribution is 2.50. The van der Waals surface area contributed by atoms with Crippen molar-refractivity contribution in [1.82, 2.24) is 0 Å². The van der Waals surface area contributed by atoms with Gasteiger partial charge < -0.3 is 4.42 Å². The molecule has 0 atom stereocenters. The minimum Gasteiger partial charge on any atom is -0.455 e. The van der Waals surface area contributed by atoms with Gasteiger partial charge in [-0.25, -0.2) is 0 Å². The summed E-state index contributed by atoms with van der Waals surface area (Å²) in [4.78, 5) is 0. The van der Waals surface area contributed by atoms with Crippen molar-refractivity contribution in [2.75, 3.05) is 0 Å². The number of fused-ring (bicyclic) bond motifs is 10. The Balaban J connectivity index is 1.09. The van der Waals surface area contributed by atoms with Crippen LogP contribution in [-0.2, 0) is 0 Å². The van der Waals surface area contributed by atoms with Crippen LogP contribution in [0.1, 0.15) is 0 Å². The normalized spacial score (nSPS) is 12.0. The van der Waals surface area contributed by atoms with Gasteiger partial charge in [-0.15, -0.1) is 11.3 Å². The van der Waals surface area contributed by atoms with E-state index in [1.54, 1.807) is 0 Å². The molecule has 1 nitrogen and oxygen atoms in total. The SMILES string of the molecule is c1ccc(-c2c3ccccc3c(-c3cccc4c3oc3cccc(-c5c6ccccc6c(-c6ccc7sc8ccccc8c7c6)c6ccccc56)c34)c3ccccc23)cc1. The maximum absolute atomic E-state index is 7.10. The number of rotatable bonds is 4. The summed E-state index contributed by atoms with van der Waals surface area (Å²) in [5.41, 5.74) is 11.5. The van der Waals surface area contributed by atoms with E-state index in [4.69, 9.17) is 4.42 Å². The first-order valence-corrected chi connectivity index (χ1v) is 21.4. The van der Waals surface area contributed by atoms with Gasteiger partial charge in [0.2, 0.25) is 0 Å². The zero-order valence-corrected chi connectivity index (χ0v) is 33.3.